The molecule has 1 amide bonds. The van der Waals surface area contributed by atoms with Crippen molar-refractivity contribution in [3.8, 4) is 0 Å². The van der Waals surface area contributed by atoms with Crippen LogP contribution in [0.4, 0.5) is 0 Å². The van der Waals surface area contributed by atoms with Crippen molar-refractivity contribution >= 4 is 17.2 Å². The molecule has 0 bridgehead atoms. The van der Waals surface area contributed by atoms with Crippen LogP contribution in [0.2, 0.25) is 0 Å². The Bertz CT molecular complexity index is 281. The summed E-state index contributed by atoms with van der Waals surface area (Å²) >= 11 is 1.63. The van der Waals surface area contributed by atoms with Crippen LogP contribution in [0.3, 0.4) is 0 Å². The molecule has 1 rings (SSSR count). The minimum absolute atomic E-state index is 0.173. The second kappa shape index (κ2) is 6.56. The monoisotopic (exact) mass is 226 g/mol. The Kier molecular flexibility index (Phi) is 5.32. The van der Waals surface area contributed by atoms with Crippen molar-refractivity contribution in [3.63, 3.8) is 0 Å². The lowest BCUT2D eigenvalue weighted by Crippen LogP contribution is -2.31. The van der Waals surface area contributed by atoms with Gasteiger partial charge in [0.05, 0.1) is 5.51 Å². The van der Waals surface area contributed by atoms with Gasteiger partial charge in [-0.3, -0.25) is 9.78 Å². The van der Waals surface area contributed by atoms with Crippen LogP contribution in [0.25, 0.3) is 0 Å². The Balaban J connectivity index is 2.22. The number of nitrogens with one attached hydrogen (secondary N) is 1. The van der Waals surface area contributed by atoms with E-state index < -0.39 is 0 Å². The second-order valence-corrected chi connectivity index (χ2v) is 4.49. The molecule has 15 heavy (non-hydrogen) atoms. The first-order valence-electron chi connectivity index (χ1n) is 5.43. The van der Waals surface area contributed by atoms with Gasteiger partial charge in [0.25, 0.3) is 0 Å². The lowest BCUT2D eigenvalue weighted by molar-refractivity contribution is -0.125. The third-order valence-electron chi connectivity index (χ3n) is 2.51. The van der Waals surface area contributed by atoms with Gasteiger partial charge < -0.3 is 5.32 Å². The van der Waals surface area contributed by atoms with Crippen LogP contribution in [0.15, 0.2) is 11.7 Å². The van der Waals surface area contributed by atoms with E-state index in [-0.39, 0.29) is 11.8 Å². The molecule has 0 radical (unpaired) electrons. The lowest BCUT2D eigenvalue weighted by Gasteiger charge is -2.11. The average molecular weight is 226 g/mol. The fourth-order valence-electron chi connectivity index (χ4n) is 1.48. The summed E-state index contributed by atoms with van der Waals surface area (Å²) < 4.78 is 0. The van der Waals surface area contributed by atoms with Gasteiger partial charge in [-0.1, -0.05) is 13.8 Å². The fourth-order valence-corrected chi connectivity index (χ4v) is 2.08. The number of carbonyl (C=O) groups is 1. The van der Waals surface area contributed by atoms with Crippen LogP contribution >= 0.6 is 11.3 Å². The van der Waals surface area contributed by atoms with Gasteiger partial charge in [0.2, 0.25) is 5.91 Å². The third kappa shape index (κ3) is 4.00. The molecule has 1 N–H and O–H groups in total. The SMILES string of the molecule is CCC(CC)C(=O)NCCc1cncs1. The summed E-state index contributed by atoms with van der Waals surface area (Å²) in [6, 6.07) is 0. The van der Waals surface area contributed by atoms with E-state index in [1.54, 1.807) is 11.3 Å². The van der Waals surface area contributed by atoms with Crippen molar-refractivity contribution in [1.82, 2.24) is 10.3 Å². The van der Waals surface area contributed by atoms with Crippen molar-refractivity contribution in [3.05, 3.63) is 16.6 Å². The molecular weight excluding hydrogens is 208 g/mol. The molecule has 3 nitrogen and oxygen atoms in total. The predicted molar refractivity (Wildman–Crippen MR) is 62.9 cm³/mol. The molecule has 0 aliphatic heterocycles. The quantitative estimate of drug-likeness (QED) is 0.808. The van der Waals surface area contributed by atoms with Crippen molar-refractivity contribution < 1.29 is 4.79 Å². The minimum Gasteiger partial charge on any atom is -0.356 e. The molecule has 4 heteroatoms. The maximum Gasteiger partial charge on any atom is 0.223 e. The Morgan fingerprint density at radius 3 is 2.80 bits per heavy atom. The summed E-state index contributed by atoms with van der Waals surface area (Å²) in [7, 11) is 0. The summed E-state index contributed by atoms with van der Waals surface area (Å²) in [6.07, 6.45) is 4.58. The molecule has 1 aromatic heterocycles. The number of carbonyl (C=O) groups excluding carboxylic acids is 1. The van der Waals surface area contributed by atoms with E-state index in [9.17, 15) is 4.79 Å². The normalized spacial score (nSPS) is 10.6. The highest BCUT2D eigenvalue weighted by Gasteiger charge is 2.12. The van der Waals surface area contributed by atoms with Crippen molar-refractivity contribution in [1.29, 1.82) is 0 Å². The highest BCUT2D eigenvalue weighted by atomic mass is 32.1. The number of amides is 1. The Labute approximate surface area is 94.9 Å². The smallest absolute Gasteiger partial charge is 0.223 e. The summed E-state index contributed by atoms with van der Waals surface area (Å²) in [5.41, 5.74) is 1.82. The molecule has 84 valence electrons. The molecule has 0 atom stereocenters. The van der Waals surface area contributed by atoms with Crippen molar-refractivity contribution in [2.45, 2.75) is 33.1 Å². The van der Waals surface area contributed by atoms with E-state index >= 15 is 0 Å². The van der Waals surface area contributed by atoms with Gasteiger partial charge in [0.15, 0.2) is 0 Å². The zero-order valence-corrected chi connectivity index (χ0v) is 10.1. The predicted octanol–water partition coefficient (Wildman–Crippen LogP) is 2.24. The Hall–Kier alpha value is -0.900. The summed E-state index contributed by atoms with van der Waals surface area (Å²) in [5, 5.41) is 2.96. The summed E-state index contributed by atoms with van der Waals surface area (Å²) in [4.78, 5) is 16.8. The number of hydrogen-bond acceptors (Lipinski definition) is 3. The molecule has 0 aliphatic rings. The Morgan fingerprint density at radius 1 is 1.53 bits per heavy atom. The average Bonchev–Trinajstić information content (AvgIpc) is 2.72. The molecule has 0 aromatic carbocycles. The van der Waals surface area contributed by atoms with Gasteiger partial charge in [-0.25, -0.2) is 0 Å². The molecule has 1 aromatic rings. The first kappa shape index (κ1) is 12.2. The van der Waals surface area contributed by atoms with Gasteiger partial charge in [-0.05, 0) is 12.8 Å². The van der Waals surface area contributed by atoms with Crippen LogP contribution in [-0.4, -0.2) is 17.4 Å². The molecule has 0 spiro atoms. The van der Waals surface area contributed by atoms with Crippen LogP contribution in [0.5, 0.6) is 0 Å². The molecule has 1 heterocycles. The number of aromatic nitrogens is 1. The second-order valence-electron chi connectivity index (χ2n) is 3.52. The first-order chi connectivity index (χ1) is 7.27. The molecule has 0 saturated carbocycles. The topological polar surface area (TPSA) is 42.0 Å². The number of nitrogens with zero attached hydrogens (tertiary/aromatic N) is 1. The standard InChI is InChI=1S/C11H18N2OS/c1-3-9(4-2)11(14)13-6-5-10-7-12-8-15-10/h7-9H,3-6H2,1-2H3,(H,13,14). The summed E-state index contributed by atoms with van der Waals surface area (Å²) in [6.45, 7) is 4.82. The third-order valence-corrected chi connectivity index (χ3v) is 3.35. The zero-order valence-electron chi connectivity index (χ0n) is 9.32. The first-order valence-corrected chi connectivity index (χ1v) is 6.31. The number of rotatable bonds is 6. The largest absolute Gasteiger partial charge is 0.356 e. The van der Waals surface area contributed by atoms with Gasteiger partial charge >= 0.3 is 0 Å². The van der Waals surface area contributed by atoms with Crippen molar-refractivity contribution in [2.75, 3.05) is 6.54 Å². The van der Waals surface area contributed by atoms with E-state index in [0.717, 1.165) is 25.8 Å². The van der Waals surface area contributed by atoms with E-state index in [0.29, 0.717) is 0 Å². The van der Waals surface area contributed by atoms with E-state index in [4.69, 9.17) is 0 Å². The van der Waals surface area contributed by atoms with Crippen LogP contribution in [-0.2, 0) is 11.2 Å². The highest BCUT2D eigenvalue weighted by Crippen LogP contribution is 2.08. The van der Waals surface area contributed by atoms with E-state index in [1.807, 2.05) is 11.7 Å². The summed E-state index contributed by atoms with van der Waals surface area (Å²) in [5.74, 6) is 0.357. The molecule has 0 fully saturated rings. The van der Waals surface area contributed by atoms with Crippen LogP contribution < -0.4 is 5.32 Å². The van der Waals surface area contributed by atoms with E-state index in [2.05, 4.69) is 24.1 Å². The van der Waals surface area contributed by atoms with Gasteiger partial charge in [0, 0.05) is 30.0 Å². The molecule has 0 saturated heterocycles. The van der Waals surface area contributed by atoms with Crippen LogP contribution in [0.1, 0.15) is 31.6 Å². The fraction of sp³-hybridized carbons (Fsp3) is 0.636. The van der Waals surface area contributed by atoms with Gasteiger partial charge in [-0.2, -0.15) is 0 Å². The van der Waals surface area contributed by atoms with Crippen LogP contribution in [0, 0.1) is 5.92 Å². The van der Waals surface area contributed by atoms with Crippen molar-refractivity contribution in [2.24, 2.45) is 5.92 Å². The molecule has 0 unspecified atom stereocenters. The molecular formula is C11H18N2OS. The van der Waals surface area contributed by atoms with Gasteiger partial charge in [-0.15, -0.1) is 11.3 Å². The van der Waals surface area contributed by atoms with Gasteiger partial charge in [0.1, 0.15) is 0 Å². The zero-order chi connectivity index (χ0) is 11.1. The number of thiazole rings is 1. The Morgan fingerprint density at radius 2 is 2.27 bits per heavy atom. The highest BCUT2D eigenvalue weighted by molar-refractivity contribution is 7.09. The minimum atomic E-state index is 0.173. The maximum absolute atomic E-state index is 11.6. The number of hydrogen-bond donors (Lipinski definition) is 1. The lowest BCUT2D eigenvalue weighted by atomic mass is 10.0. The van der Waals surface area contributed by atoms with E-state index in [1.165, 1.54) is 4.88 Å². The maximum atomic E-state index is 11.6. The molecule has 0 aliphatic carbocycles.